The van der Waals surface area contributed by atoms with Crippen molar-refractivity contribution in [3.8, 4) is 51.4 Å². The highest BCUT2D eigenvalue weighted by molar-refractivity contribution is 6.45. The van der Waals surface area contributed by atoms with E-state index in [1.807, 2.05) is 0 Å². The molecule has 7 aromatic carbocycles. The minimum atomic E-state index is -2.08. The number of nitrogens with zero attached hydrogens (tertiary/aromatic N) is 4. The number of aromatic amines is 2. The fourth-order valence-corrected chi connectivity index (χ4v) is 13.8. The van der Waals surface area contributed by atoms with Crippen LogP contribution >= 0.6 is 69.6 Å². The molecular weight excluding hydrogens is 1510 g/mol. The number of amides is 6. The normalized spacial score (nSPS) is 19.2. The van der Waals surface area contributed by atoms with Gasteiger partial charge in [0.2, 0.25) is 35.3 Å². The van der Waals surface area contributed by atoms with E-state index in [4.69, 9.17) is 84.2 Å². The van der Waals surface area contributed by atoms with Gasteiger partial charge in [0.25, 0.3) is 11.5 Å². The van der Waals surface area contributed by atoms with Crippen LogP contribution in [0.3, 0.4) is 0 Å². The first-order valence-corrected chi connectivity index (χ1v) is 34.1. The van der Waals surface area contributed by atoms with Crippen LogP contribution in [0.5, 0.6) is 40.2 Å². The third-order valence-corrected chi connectivity index (χ3v) is 19.6. The summed E-state index contributed by atoms with van der Waals surface area (Å²) in [5.41, 5.74) is 0.789. The Bertz CT molecular complexity index is 5220. The molecule has 8 atom stereocenters. The zero-order valence-corrected chi connectivity index (χ0v) is 59.1. The number of hydrogen-bond acceptors (Lipinski definition) is 19. The fraction of sp³-hybridized carbons (Fsp3) is 0.197. The maximum atomic E-state index is 15.8. The minimum absolute atomic E-state index is 0.0111. The largest absolute Gasteiger partial charge is 0.508 e. The van der Waals surface area contributed by atoms with E-state index in [0.29, 0.717) is 33.2 Å². The second-order valence-electron chi connectivity index (χ2n) is 24.6. The highest BCUT2D eigenvalue weighted by atomic mass is 35.5. The lowest BCUT2D eigenvalue weighted by Gasteiger charge is -2.33. The zero-order valence-electron chi connectivity index (χ0n) is 54.5. The average molecular weight is 1570 g/mol. The van der Waals surface area contributed by atoms with Gasteiger partial charge in [-0.3, -0.25) is 42.9 Å². The van der Waals surface area contributed by atoms with Crippen molar-refractivity contribution in [1.82, 2.24) is 56.0 Å². The van der Waals surface area contributed by atoms with E-state index in [2.05, 4.69) is 46.5 Å². The number of aliphatic hydroxyl groups is 1. The lowest BCUT2D eigenvalue weighted by molar-refractivity contribution is -0.145. The molecule has 6 amide bonds. The first kappa shape index (κ1) is 74.6. The molecule has 4 aliphatic heterocycles. The van der Waals surface area contributed by atoms with Crippen LogP contribution in [0.2, 0.25) is 30.1 Å². The van der Waals surface area contributed by atoms with Crippen molar-refractivity contribution in [3.63, 3.8) is 0 Å². The van der Waals surface area contributed by atoms with Crippen LogP contribution in [0.25, 0.3) is 33.2 Å². The summed E-state index contributed by atoms with van der Waals surface area (Å²) in [5, 5.41) is 84.1. The number of aliphatic hydroxyl groups excluding tert-OH is 1. The number of fused-ring (bicyclic) bond motifs is 11. The van der Waals surface area contributed by atoms with Crippen LogP contribution in [0.1, 0.15) is 87.0 Å². The summed E-state index contributed by atoms with van der Waals surface area (Å²) >= 11 is 38.1. The molecule has 0 spiro atoms. The number of phenols is 5. The summed E-state index contributed by atoms with van der Waals surface area (Å²) < 4.78 is 13.8. The summed E-state index contributed by atoms with van der Waals surface area (Å²) in [7, 11) is 1.19. The number of Topliss-reactive ketones (excluding diaryl/α,β-unsaturated/α-hetero) is 1. The van der Waals surface area contributed by atoms with Crippen LogP contribution in [-0.2, 0) is 51.1 Å². The number of carbonyl (C=O) groups is 8. The Morgan fingerprint density at radius 1 is 0.651 bits per heavy atom. The Morgan fingerprint density at radius 2 is 1.24 bits per heavy atom. The number of benzene rings is 7. The standard InChI is InChI=1S/C61H45Cl6N7O15.C10H12N4O3/c1-74-43(56(82)73-48(61(87)88)25-7-9-31(75)10-8-25)13-24-5-11-32(12-6-24)89-44-22-26-14-35(51(44)77)34-4-2-3-33-30(23-68-49(33)34)21-42(69-59(85)50(76)29-19-40(66)54(80)41(67)20-29)55(81)70-46(27-15-36(62)52(78)37(63)16-27)57(83)71-45(26)58(84)72-47(60(74)86)28-17-38(64)53(79)39(65)18-28;15-3-6-1-2-7(17-6)14-5-13-8-9(14)11-4-12-10(8)16/h2-12,14-20,22-23,42-43,45-48,68,75,77-80H,13,21H2,1H3,(H,69,85)(H,70,81)(H,71,83)(H,72,84)(H,73,82)(H,87,88);4-7,15H,1-3H2,(H,11,12,16). The molecule has 1 fully saturated rings. The molecule has 106 heavy (non-hydrogen) atoms. The SMILES string of the molecule is CN1C(=O)C(c2cc(Cl)c(O)c(Cl)c2)NC(=O)C2NC(=O)C(c3cc(Cl)c(O)c(Cl)c3)NC(=O)C(NC(=O)C(=O)c3cc(Cl)c(O)c(Cl)c3)Cc3c[nH]c4c(cccc34)-c3cc2cc(c3O)Oc2ccc(cc2)CC1C(=O)NC(C(=O)O)c1ccc(O)cc1.O=c1[nH]cnc2c1ncn2C1CCC(CO)O1. The van der Waals surface area contributed by atoms with Crippen LogP contribution in [-0.4, -0.2) is 144 Å². The summed E-state index contributed by atoms with van der Waals surface area (Å²) in [5.74, 6) is -12.8. The number of ether oxygens (including phenoxy) is 2. The highest BCUT2D eigenvalue weighted by Crippen LogP contribution is 2.46. The number of carbonyl (C=O) groups excluding carboxylic acids is 7. The number of aliphatic carboxylic acids is 1. The zero-order chi connectivity index (χ0) is 75.9. The molecule has 10 aromatic rings. The lowest BCUT2D eigenvalue weighted by Crippen LogP contribution is -2.54. The van der Waals surface area contributed by atoms with Gasteiger partial charge < -0.3 is 86.7 Å². The number of imidazole rings is 1. The van der Waals surface area contributed by atoms with E-state index in [0.717, 1.165) is 54.1 Å². The Hall–Kier alpha value is -11.2. The van der Waals surface area contributed by atoms with Crippen molar-refractivity contribution in [3.05, 3.63) is 214 Å². The van der Waals surface area contributed by atoms with Gasteiger partial charge in [0.15, 0.2) is 46.0 Å². The number of carboxylic acids is 1. The van der Waals surface area contributed by atoms with Crippen LogP contribution < -0.4 is 36.9 Å². The molecular formula is C71H57Cl6N11O18. The Labute approximate surface area is 627 Å². The van der Waals surface area contributed by atoms with E-state index < -0.39 is 133 Å². The van der Waals surface area contributed by atoms with Gasteiger partial charge in [-0.2, -0.15) is 0 Å². The molecule has 0 saturated carbocycles. The number of rotatable bonds is 11. The van der Waals surface area contributed by atoms with E-state index >= 15 is 19.2 Å². The molecule has 29 nitrogen and oxygen atoms in total. The molecule has 546 valence electrons. The second-order valence-corrected chi connectivity index (χ2v) is 27.1. The summed E-state index contributed by atoms with van der Waals surface area (Å²) in [4.78, 5) is 143. The van der Waals surface area contributed by atoms with Crippen molar-refractivity contribution in [2.75, 3.05) is 13.7 Å². The van der Waals surface area contributed by atoms with Crippen LogP contribution in [0.4, 0.5) is 0 Å². The fourth-order valence-electron chi connectivity index (χ4n) is 12.4. The van der Waals surface area contributed by atoms with Crippen molar-refractivity contribution < 1.29 is 83.6 Å². The summed E-state index contributed by atoms with van der Waals surface area (Å²) in [6, 6.07) is 13.3. The maximum absolute atomic E-state index is 15.8. The van der Waals surface area contributed by atoms with E-state index in [1.54, 1.807) is 29.1 Å². The second kappa shape index (κ2) is 30.9. The number of nitrogens with one attached hydrogen (secondary N) is 7. The predicted molar refractivity (Wildman–Crippen MR) is 384 cm³/mol. The monoisotopic (exact) mass is 1560 g/mol. The lowest BCUT2D eigenvalue weighted by atomic mass is 9.94. The Balaban J connectivity index is 0.000000538. The number of likely N-dealkylation sites (N-methyl/N-ethyl adjacent to an activating group) is 1. The van der Waals surface area contributed by atoms with Crippen molar-refractivity contribution in [2.45, 2.75) is 74.3 Å². The summed E-state index contributed by atoms with van der Waals surface area (Å²) in [6.07, 6.45) is 4.87. The number of ketones is 1. The van der Waals surface area contributed by atoms with E-state index in [1.165, 1.54) is 80.2 Å². The number of phenolic OH excluding ortho intramolecular Hbond substituents is 5. The van der Waals surface area contributed by atoms with Gasteiger partial charge in [0.05, 0.1) is 61.0 Å². The number of halogens is 6. The first-order chi connectivity index (χ1) is 50.5. The van der Waals surface area contributed by atoms with Crippen LogP contribution in [0.15, 0.2) is 139 Å². The van der Waals surface area contributed by atoms with Gasteiger partial charge in [-0.05, 0) is 119 Å². The first-order valence-electron chi connectivity index (χ1n) is 31.8. The van der Waals surface area contributed by atoms with Gasteiger partial charge in [-0.1, -0.05) is 112 Å². The molecule has 0 aliphatic carbocycles. The van der Waals surface area contributed by atoms with E-state index in [-0.39, 0.29) is 97.2 Å². The van der Waals surface area contributed by atoms with E-state index in [9.17, 15) is 54.6 Å². The number of H-pyrrole nitrogens is 2. The molecule has 9 bridgehead atoms. The van der Waals surface area contributed by atoms with Gasteiger partial charge in [-0.25, -0.2) is 14.8 Å². The molecule has 1 saturated heterocycles. The number of hydrogen-bond donors (Lipinski definition) is 14. The van der Waals surface area contributed by atoms with Gasteiger partial charge in [-0.15, -0.1) is 0 Å². The number of carboxylic acid groups (broad SMARTS) is 1. The summed E-state index contributed by atoms with van der Waals surface area (Å²) in [6.45, 7) is 0.0111. The van der Waals surface area contributed by atoms with Crippen LogP contribution in [0, 0.1) is 0 Å². The molecule has 0 radical (unpaired) electrons. The minimum Gasteiger partial charge on any atom is -0.508 e. The molecule has 3 aromatic heterocycles. The Morgan fingerprint density at radius 3 is 1.84 bits per heavy atom. The molecule has 4 aliphatic rings. The molecule has 7 heterocycles. The molecule has 14 rings (SSSR count). The third kappa shape index (κ3) is 15.4. The smallest absolute Gasteiger partial charge is 0.330 e. The topological polar surface area (TPSA) is 439 Å². The predicted octanol–water partition coefficient (Wildman–Crippen LogP) is 8.99. The van der Waals surface area contributed by atoms with Crippen molar-refractivity contribution >= 4 is 139 Å². The van der Waals surface area contributed by atoms with Crippen molar-refractivity contribution in [1.29, 1.82) is 0 Å². The highest BCUT2D eigenvalue weighted by Gasteiger charge is 2.41. The van der Waals surface area contributed by atoms with Gasteiger partial charge >= 0.3 is 5.97 Å². The number of aromatic nitrogens is 5. The molecule has 14 N–H and O–H groups in total. The van der Waals surface area contributed by atoms with Crippen molar-refractivity contribution in [2.24, 2.45) is 0 Å². The quantitative estimate of drug-likeness (QED) is 0.0424. The Kier molecular flexibility index (Phi) is 21.7. The number of para-hydroxylation sites is 1. The maximum Gasteiger partial charge on any atom is 0.330 e. The van der Waals surface area contributed by atoms with Gasteiger partial charge in [0.1, 0.15) is 47.9 Å². The average Bonchev–Trinajstić information content (AvgIpc) is 1.38. The number of aromatic hydroxyl groups is 5. The van der Waals surface area contributed by atoms with Gasteiger partial charge in [0, 0.05) is 48.2 Å². The molecule has 8 unspecified atom stereocenters. The molecule has 35 heteroatoms. The third-order valence-electron chi connectivity index (χ3n) is 17.9.